The van der Waals surface area contributed by atoms with Gasteiger partial charge in [0.2, 0.25) is 0 Å². The van der Waals surface area contributed by atoms with Gasteiger partial charge in [0.15, 0.2) is 6.10 Å². The largest absolute Gasteiger partial charge is 0.489 e. The first kappa shape index (κ1) is 11.2. The summed E-state index contributed by atoms with van der Waals surface area (Å²) in [7, 11) is 0. The third-order valence-electron chi connectivity index (χ3n) is 1.70. The van der Waals surface area contributed by atoms with Gasteiger partial charge in [-0.15, -0.1) is 0 Å². The molecule has 0 saturated heterocycles. The highest BCUT2D eigenvalue weighted by molar-refractivity contribution is 5.93. The van der Waals surface area contributed by atoms with Gasteiger partial charge in [0.1, 0.15) is 5.82 Å². The summed E-state index contributed by atoms with van der Waals surface area (Å²) in [6.07, 6.45) is 4.31. The maximum atomic E-state index is 11.5. The summed E-state index contributed by atoms with van der Waals surface area (Å²) >= 11 is 0. The van der Waals surface area contributed by atoms with E-state index in [1.54, 1.807) is 37.4 Å². The number of carbonyl (C=O) groups is 1. The third kappa shape index (κ3) is 3.81. The number of carbonyl (C=O) groups excluding carboxylic acids is 1. The van der Waals surface area contributed by atoms with Gasteiger partial charge in [-0.3, -0.25) is 4.79 Å². The fourth-order valence-corrected chi connectivity index (χ4v) is 0.923. The lowest BCUT2D eigenvalue weighted by Gasteiger charge is -2.10. The van der Waals surface area contributed by atoms with Gasteiger partial charge in [0, 0.05) is 6.20 Å². The Bertz CT molecular complexity index is 336. The topological polar surface area (TPSA) is 51.2 Å². The average Bonchev–Trinajstić information content (AvgIpc) is 2.27. The Hall–Kier alpha value is -1.84. The number of nitrogens with one attached hydrogen (secondary N) is 1. The van der Waals surface area contributed by atoms with Crippen LogP contribution in [0.1, 0.15) is 13.8 Å². The fourth-order valence-electron chi connectivity index (χ4n) is 0.923. The van der Waals surface area contributed by atoms with Crippen LogP contribution in [0.15, 0.2) is 36.7 Å². The van der Waals surface area contributed by atoms with Crippen molar-refractivity contribution in [1.82, 2.24) is 4.98 Å². The molecule has 0 bridgehead atoms. The third-order valence-corrected chi connectivity index (χ3v) is 1.70. The lowest BCUT2D eigenvalue weighted by molar-refractivity contribution is -0.123. The van der Waals surface area contributed by atoms with Gasteiger partial charge in [-0.2, -0.15) is 0 Å². The van der Waals surface area contributed by atoms with Crippen LogP contribution in [-0.4, -0.2) is 17.0 Å². The molecule has 1 unspecified atom stereocenters. The van der Waals surface area contributed by atoms with Gasteiger partial charge >= 0.3 is 0 Å². The molecular formula is C11H14N2O2. The molecule has 0 radical (unpaired) electrons. The van der Waals surface area contributed by atoms with Crippen molar-refractivity contribution in [2.45, 2.75) is 20.0 Å². The zero-order valence-electron chi connectivity index (χ0n) is 8.81. The van der Waals surface area contributed by atoms with Gasteiger partial charge in [-0.25, -0.2) is 4.98 Å². The molecule has 1 rings (SSSR count). The van der Waals surface area contributed by atoms with Gasteiger partial charge < -0.3 is 10.1 Å². The van der Waals surface area contributed by atoms with E-state index in [0.717, 1.165) is 0 Å². The molecule has 0 saturated carbocycles. The van der Waals surface area contributed by atoms with Crippen molar-refractivity contribution in [2.75, 3.05) is 5.32 Å². The Morgan fingerprint density at radius 3 is 3.00 bits per heavy atom. The standard InChI is InChI=1S/C11H14N2O2/c1-3-8-15-9(2)11(14)13-10-6-4-5-7-12-10/h3-9H,1-2H3,(H,12,13,14)/b8-3-. The number of hydrogen-bond acceptors (Lipinski definition) is 3. The van der Waals surface area contributed by atoms with E-state index in [9.17, 15) is 4.79 Å². The molecule has 0 spiro atoms. The van der Waals surface area contributed by atoms with E-state index in [1.807, 2.05) is 6.92 Å². The van der Waals surface area contributed by atoms with E-state index in [2.05, 4.69) is 10.3 Å². The van der Waals surface area contributed by atoms with Gasteiger partial charge in [0.25, 0.3) is 5.91 Å². The first-order chi connectivity index (χ1) is 7.24. The van der Waals surface area contributed by atoms with Crippen LogP contribution in [0.2, 0.25) is 0 Å². The monoisotopic (exact) mass is 206 g/mol. The first-order valence-corrected chi connectivity index (χ1v) is 4.72. The highest BCUT2D eigenvalue weighted by Crippen LogP contribution is 2.02. The van der Waals surface area contributed by atoms with E-state index in [1.165, 1.54) is 6.26 Å². The number of aromatic nitrogens is 1. The minimum atomic E-state index is -0.525. The van der Waals surface area contributed by atoms with Crippen LogP contribution in [-0.2, 0) is 9.53 Å². The average molecular weight is 206 g/mol. The van der Waals surface area contributed by atoms with Crippen LogP contribution < -0.4 is 5.32 Å². The Kier molecular flexibility index (Phi) is 4.34. The Labute approximate surface area is 89.0 Å². The quantitative estimate of drug-likeness (QED) is 0.766. The normalized spacial score (nSPS) is 12.4. The number of rotatable bonds is 4. The highest BCUT2D eigenvalue weighted by atomic mass is 16.5. The fraction of sp³-hybridized carbons (Fsp3) is 0.273. The van der Waals surface area contributed by atoms with Crippen LogP contribution >= 0.6 is 0 Å². The van der Waals surface area contributed by atoms with Crippen molar-refractivity contribution >= 4 is 11.7 Å². The lowest BCUT2D eigenvalue weighted by Crippen LogP contribution is -2.26. The predicted octanol–water partition coefficient (Wildman–Crippen LogP) is 1.96. The molecular weight excluding hydrogens is 192 g/mol. The first-order valence-electron chi connectivity index (χ1n) is 4.72. The molecule has 1 N–H and O–H groups in total. The zero-order valence-corrected chi connectivity index (χ0v) is 8.81. The maximum Gasteiger partial charge on any atom is 0.266 e. The van der Waals surface area contributed by atoms with Crippen LogP contribution in [0.5, 0.6) is 0 Å². The van der Waals surface area contributed by atoms with E-state index in [0.29, 0.717) is 5.82 Å². The molecule has 0 aliphatic carbocycles. The number of ether oxygens (including phenoxy) is 1. The summed E-state index contributed by atoms with van der Waals surface area (Å²) in [5, 5.41) is 2.64. The number of hydrogen-bond donors (Lipinski definition) is 1. The second-order valence-corrected chi connectivity index (χ2v) is 2.95. The molecule has 0 aliphatic rings. The second kappa shape index (κ2) is 5.80. The summed E-state index contributed by atoms with van der Waals surface area (Å²) in [4.78, 5) is 15.5. The number of amides is 1. The molecule has 1 amide bonds. The molecule has 1 aromatic rings. The summed E-state index contributed by atoms with van der Waals surface area (Å²) in [6.45, 7) is 3.50. The lowest BCUT2D eigenvalue weighted by atomic mass is 10.3. The molecule has 4 heteroatoms. The van der Waals surface area contributed by atoms with E-state index in [4.69, 9.17) is 4.74 Å². The van der Waals surface area contributed by atoms with Crippen molar-refractivity contribution in [3.05, 3.63) is 36.7 Å². The summed E-state index contributed by atoms with van der Waals surface area (Å²) in [6, 6.07) is 5.32. The van der Waals surface area contributed by atoms with Crippen molar-refractivity contribution < 1.29 is 9.53 Å². The van der Waals surface area contributed by atoms with Crippen LogP contribution in [0.4, 0.5) is 5.82 Å². The van der Waals surface area contributed by atoms with Gasteiger partial charge in [-0.1, -0.05) is 12.1 Å². The molecule has 15 heavy (non-hydrogen) atoms. The molecule has 1 atom stereocenters. The highest BCUT2D eigenvalue weighted by Gasteiger charge is 2.12. The van der Waals surface area contributed by atoms with Crippen molar-refractivity contribution in [2.24, 2.45) is 0 Å². The SMILES string of the molecule is C/C=C\OC(C)C(=O)Nc1ccccn1. The Morgan fingerprint density at radius 2 is 2.40 bits per heavy atom. The van der Waals surface area contributed by atoms with E-state index >= 15 is 0 Å². The van der Waals surface area contributed by atoms with E-state index < -0.39 is 6.10 Å². The van der Waals surface area contributed by atoms with Crippen LogP contribution in [0.25, 0.3) is 0 Å². The molecule has 0 aliphatic heterocycles. The number of nitrogens with zero attached hydrogens (tertiary/aromatic N) is 1. The van der Waals surface area contributed by atoms with Gasteiger partial charge in [-0.05, 0) is 26.0 Å². The molecule has 0 fully saturated rings. The van der Waals surface area contributed by atoms with E-state index in [-0.39, 0.29) is 5.91 Å². The molecule has 4 nitrogen and oxygen atoms in total. The molecule has 80 valence electrons. The molecule has 0 aromatic carbocycles. The summed E-state index contributed by atoms with van der Waals surface area (Å²) < 4.78 is 5.10. The molecule has 1 aromatic heterocycles. The zero-order chi connectivity index (χ0) is 11.1. The van der Waals surface area contributed by atoms with Crippen molar-refractivity contribution in [3.8, 4) is 0 Å². The van der Waals surface area contributed by atoms with Gasteiger partial charge in [0.05, 0.1) is 6.26 Å². The molecule has 1 heterocycles. The Balaban J connectivity index is 2.49. The second-order valence-electron chi connectivity index (χ2n) is 2.95. The van der Waals surface area contributed by atoms with Crippen LogP contribution in [0, 0.1) is 0 Å². The smallest absolute Gasteiger partial charge is 0.266 e. The minimum absolute atomic E-state index is 0.216. The van der Waals surface area contributed by atoms with Crippen molar-refractivity contribution in [3.63, 3.8) is 0 Å². The maximum absolute atomic E-state index is 11.5. The number of allylic oxidation sites excluding steroid dienone is 1. The Morgan fingerprint density at radius 1 is 1.60 bits per heavy atom. The summed E-state index contributed by atoms with van der Waals surface area (Å²) in [5.74, 6) is 0.310. The summed E-state index contributed by atoms with van der Waals surface area (Å²) in [5.41, 5.74) is 0. The predicted molar refractivity (Wildman–Crippen MR) is 58.2 cm³/mol. The number of anilines is 1. The van der Waals surface area contributed by atoms with Crippen molar-refractivity contribution in [1.29, 1.82) is 0 Å². The number of pyridine rings is 1. The van der Waals surface area contributed by atoms with Crippen LogP contribution in [0.3, 0.4) is 0 Å². The minimum Gasteiger partial charge on any atom is -0.489 e.